The Balaban J connectivity index is 1.70. The number of amides is 1. The van der Waals surface area contributed by atoms with E-state index in [1.165, 1.54) is 4.90 Å². The van der Waals surface area contributed by atoms with Crippen LogP contribution in [0.25, 0.3) is 0 Å². The number of anilines is 1. The zero-order chi connectivity index (χ0) is 19.8. The Morgan fingerprint density at radius 1 is 1.22 bits per heavy atom. The van der Waals surface area contributed by atoms with Gasteiger partial charge in [0.25, 0.3) is 5.91 Å². The van der Waals surface area contributed by atoms with Crippen molar-refractivity contribution >= 4 is 11.7 Å². The Labute approximate surface area is 162 Å². The molecule has 0 spiro atoms. The first-order valence-electron chi connectivity index (χ1n) is 9.88. The zero-order valence-corrected chi connectivity index (χ0v) is 17.5. The van der Waals surface area contributed by atoms with Crippen LogP contribution in [0.15, 0.2) is 0 Å². The van der Waals surface area contributed by atoms with E-state index in [1.807, 2.05) is 13.8 Å². The van der Waals surface area contributed by atoms with Gasteiger partial charge in [0.1, 0.15) is 5.82 Å². The lowest BCUT2D eigenvalue weighted by molar-refractivity contribution is -0.0638. The Bertz CT molecular complexity index is 704. The fourth-order valence-electron chi connectivity index (χ4n) is 4.01. The molecule has 0 radical (unpaired) electrons. The zero-order valence-electron chi connectivity index (χ0n) is 17.5. The number of carbonyl (C=O) groups is 1. The van der Waals surface area contributed by atoms with Crippen LogP contribution in [0.2, 0.25) is 0 Å². The van der Waals surface area contributed by atoms with Crippen molar-refractivity contribution in [2.75, 3.05) is 38.7 Å². The summed E-state index contributed by atoms with van der Waals surface area (Å²) in [5.74, 6) is 1.02. The summed E-state index contributed by atoms with van der Waals surface area (Å²) in [6, 6.07) is 0.935. The highest BCUT2D eigenvalue weighted by atomic mass is 16.5. The first-order chi connectivity index (χ1) is 12.7. The number of rotatable bonds is 4. The quantitative estimate of drug-likeness (QED) is 0.867. The topological polar surface area (TPSA) is 70.6 Å². The number of ether oxygens (including phenoxy) is 1. The monoisotopic (exact) mass is 375 g/mol. The normalized spacial score (nSPS) is 24.9. The van der Waals surface area contributed by atoms with Gasteiger partial charge in [-0.1, -0.05) is 0 Å². The van der Waals surface area contributed by atoms with Crippen LogP contribution in [0.3, 0.4) is 0 Å². The van der Waals surface area contributed by atoms with Gasteiger partial charge in [0.2, 0.25) is 5.82 Å². The fourth-order valence-corrected chi connectivity index (χ4v) is 4.01. The van der Waals surface area contributed by atoms with E-state index in [4.69, 9.17) is 4.74 Å². The van der Waals surface area contributed by atoms with Crippen molar-refractivity contribution < 1.29 is 9.53 Å². The molecule has 2 saturated heterocycles. The lowest BCUT2D eigenvalue weighted by Crippen LogP contribution is -2.48. The molecule has 150 valence electrons. The van der Waals surface area contributed by atoms with E-state index < -0.39 is 0 Å². The second kappa shape index (κ2) is 7.72. The average Bonchev–Trinajstić information content (AvgIpc) is 3.03. The number of nitrogens with one attached hydrogen (secondary N) is 1. The van der Waals surface area contributed by atoms with Gasteiger partial charge < -0.3 is 19.9 Å². The van der Waals surface area contributed by atoms with Crippen LogP contribution in [-0.2, 0) is 4.74 Å². The van der Waals surface area contributed by atoms with Crippen LogP contribution in [0, 0.1) is 13.8 Å². The molecule has 2 aliphatic rings. The summed E-state index contributed by atoms with van der Waals surface area (Å²) in [4.78, 5) is 25.1. The van der Waals surface area contributed by atoms with E-state index in [0.717, 1.165) is 56.0 Å². The van der Waals surface area contributed by atoms with Crippen molar-refractivity contribution in [3.8, 4) is 0 Å². The molecule has 3 heterocycles. The number of aromatic nitrogens is 2. The molecule has 1 aromatic heterocycles. The summed E-state index contributed by atoms with van der Waals surface area (Å²) in [6.07, 6.45) is 3.18. The molecule has 2 aliphatic heterocycles. The average molecular weight is 376 g/mol. The van der Waals surface area contributed by atoms with E-state index >= 15 is 0 Å². The Morgan fingerprint density at radius 2 is 1.96 bits per heavy atom. The van der Waals surface area contributed by atoms with Gasteiger partial charge >= 0.3 is 0 Å². The van der Waals surface area contributed by atoms with E-state index in [0.29, 0.717) is 12.1 Å². The molecule has 0 bridgehead atoms. The number of carbonyl (C=O) groups excluding carboxylic acids is 1. The van der Waals surface area contributed by atoms with Gasteiger partial charge in [0.05, 0.1) is 5.60 Å². The molecule has 1 amide bonds. The minimum Gasteiger partial charge on any atom is -0.375 e. The first kappa shape index (κ1) is 20.0. The molecule has 7 heteroatoms. The molecule has 3 rings (SSSR count). The third-order valence-corrected chi connectivity index (χ3v) is 5.62. The molecule has 2 atom stereocenters. The van der Waals surface area contributed by atoms with Gasteiger partial charge in [0.15, 0.2) is 0 Å². The summed E-state index contributed by atoms with van der Waals surface area (Å²) < 4.78 is 5.83. The smallest absolute Gasteiger partial charge is 0.291 e. The number of aryl methyl sites for hydroxylation is 1. The van der Waals surface area contributed by atoms with Crippen LogP contribution < -0.4 is 10.2 Å². The van der Waals surface area contributed by atoms with Crippen LogP contribution >= 0.6 is 0 Å². The first-order valence-corrected chi connectivity index (χ1v) is 9.88. The maximum atomic E-state index is 12.3. The minimum atomic E-state index is -0.155. The lowest BCUT2D eigenvalue weighted by Gasteiger charge is -2.37. The van der Waals surface area contributed by atoms with Crippen LogP contribution in [0.5, 0.6) is 0 Å². The second-order valence-electron chi connectivity index (χ2n) is 8.68. The Kier molecular flexibility index (Phi) is 5.72. The maximum Gasteiger partial charge on any atom is 0.291 e. The molecule has 0 aromatic carbocycles. The summed E-state index contributed by atoms with van der Waals surface area (Å²) in [5.41, 5.74) is 1.88. The minimum absolute atomic E-state index is 0.0456. The van der Waals surface area contributed by atoms with Crippen molar-refractivity contribution in [1.29, 1.82) is 0 Å². The second-order valence-corrected chi connectivity index (χ2v) is 8.68. The predicted molar refractivity (Wildman–Crippen MR) is 106 cm³/mol. The molecule has 7 nitrogen and oxygen atoms in total. The number of hydrogen-bond donors (Lipinski definition) is 1. The van der Waals surface area contributed by atoms with Crippen molar-refractivity contribution in [3.63, 3.8) is 0 Å². The van der Waals surface area contributed by atoms with E-state index in [-0.39, 0.29) is 17.3 Å². The Hall–Kier alpha value is -1.73. The SMILES string of the molecule is Cc1nc(C(=O)N(C)C)nc(N2CC[C@@H](NC3CCOC(C)(C)C3)C2)c1C. The van der Waals surface area contributed by atoms with Crippen molar-refractivity contribution in [2.45, 2.75) is 64.6 Å². The highest BCUT2D eigenvalue weighted by Gasteiger charge is 2.33. The number of hydrogen-bond acceptors (Lipinski definition) is 6. The van der Waals surface area contributed by atoms with Crippen molar-refractivity contribution in [1.82, 2.24) is 20.2 Å². The molecule has 27 heavy (non-hydrogen) atoms. The molecular weight excluding hydrogens is 342 g/mol. The van der Waals surface area contributed by atoms with Crippen molar-refractivity contribution in [2.24, 2.45) is 0 Å². The molecular formula is C20H33N5O2. The summed E-state index contributed by atoms with van der Waals surface area (Å²) in [6.45, 7) is 11.0. The lowest BCUT2D eigenvalue weighted by atomic mass is 9.93. The largest absolute Gasteiger partial charge is 0.375 e. The molecule has 0 saturated carbocycles. The summed E-state index contributed by atoms with van der Waals surface area (Å²) in [5, 5.41) is 3.82. The molecule has 2 fully saturated rings. The van der Waals surface area contributed by atoms with Crippen LogP contribution in [0.1, 0.15) is 55.0 Å². The maximum absolute atomic E-state index is 12.3. The molecule has 1 unspecified atom stereocenters. The third kappa shape index (κ3) is 4.58. The van der Waals surface area contributed by atoms with Gasteiger partial charge in [-0.2, -0.15) is 0 Å². The molecule has 0 aliphatic carbocycles. The highest BCUT2D eigenvalue weighted by Crippen LogP contribution is 2.27. The van der Waals surface area contributed by atoms with Gasteiger partial charge in [-0.05, 0) is 47.0 Å². The fraction of sp³-hybridized carbons (Fsp3) is 0.750. The standard InChI is InChI=1S/C20H33N5O2/c1-13-14(2)21-17(19(26)24(5)6)23-18(13)25-9-7-16(12-25)22-15-8-10-27-20(3,4)11-15/h15-16,22H,7-12H2,1-6H3/t15?,16-/m1/s1. The van der Waals surface area contributed by atoms with E-state index in [9.17, 15) is 4.79 Å². The molecule has 1 aromatic rings. The third-order valence-electron chi connectivity index (χ3n) is 5.62. The van der Waals surface area contributed by atoms with Gasteiger partial charge in [-0.3, -0.25) is 4.79 Å². The summed E-state index contributed by atoms with van der Waals surface area (Å²) >= 11 is 0. The van der Waals surface area contributed by atoms with Gasteiger partial charge in [0, 0.05) is 57.1 Å². The van der Waals surface area contributed by atoms with E-state index in [2.05, 4.69) is 34.0 Å². The molecule has 1 N–H and O–H groups in total. The Morgan fingerprint density at radius 3 is 2.63 bits per heavy atom. The van der Waals surface area contributed by atoms with Crippen molar-refractivity contribution in [3.05, 3.63) is 17.1 Å². The highest BCUT2D eigenvalue weighted by molar-refractivity contribution is 5.90. The van der Waals surface area contributed by atoms with E-state index in [1.54, 1.807) is 14.1 Å². The predicted octanol–water partition coefficient (Wildman–Crippen LogP) is 1.92. The van der Waals surface area contributed by atoms with Gasteiger partial charge in [-0.15, -0.1) is 0 Å². The van der Waals surface area contributed by atoms with Crippen LogP contribution in [-0.4, -0.2) is 72.3 Å². The van der Waals surface area contributed by atoms with Crippen LogP contribution in [0.4, 0.5) is 5.82 Å². The summed E-state index contributed by atoms with van der Waals surface area (Å²) in [7, 11) is 3.46. The van der Waals surface area contributed by atoms with Gasteiger partial charge in [-0.25, -0.2) is 9.97 Å². The number of nitrogens with zero attached hydrogens (tertiary/aromatic N) is 4.